The molecule has 0 atom stereocenters. The van der Waals surface area contributed by atoms with Gasteiger partial charge < -0.3 is 4.57 Å². The molecule has 11 aromatic rings. The molecule has 4 nitrogen and oxygen atoms in total. The van der Waals surface area contributed by atoms with Crippen LogP contribution in [0.2, 0.25) is 0 Å². The topological polar surface area (TPSA) is 35.6 Å². The van der Waals surface area contributed by atoms with Gasteiger partial charge >= 0.3 is 0 Å². The van der Waals surface area contributed by atoms with Crippen LogP contribution in [0.4, 0.5) is 0 Å². The lowest BCUT2D eigenvalue weighted by Gasteiger charge is -2.24. The van der Waals surface area contributed by atoms with E-state index in [1.54, 1.807) is 0 Å². The van der Waals surface area contributed by atoms with E-state index in [9.17, 15) is 0 Å². The summed E-state index contributed by atoms with van der Waals surface area (Å²) in [7, 11) is 0. The minimum Gasteiger partial charge on any atom is -0.309 e. The van der Waals surface area contributed by atoms with E-state index >= 15 is 0 Å². The highest BCUT2D eigenvalue weighted by molar-refractivity contribution is 6.27. The first kappa shape index (κ1) is 30.4. The fourth-order valence-electron chi connectivity index (χ4n) is 9.76. The molecule has 0 radical (unpaired) electrons. The van der Waals surface area contributed by atoms with E-state index in [-0.39, 0.29) is 5.41 Å². The van der Waals surface area contributed by atoms with Crippen molar-refractivity contribution in [1.82, 2.24) is 19.1 Å². The highest BCUT2D eigenvalue weighted by Gasteiger charge is 2.40. The molecule has 0 aliphatic heterocycles. The molecule has 3 heterocycles. The minimum atomic E-state index is -0.252. The second-order valence-electron chi connectivity index (χ2n) is 15.4. The number of rotatable bonds is 3. The highest BCUT2D eigenvalue weighted by Crippen LogP contribution is 2.56. The average molecular weight is 703 g/mol. The maximum absolute atomic E-state index is 5.61. The van der Waals surface area contributed by atoms with E-state index in [2.05, 4.69) is 193 Å². The molecule has 0 saturated carbocycles. The smallest absolute Gasteiger partial charge is 0.235 e. The van der Waals surface area contributed by atoms with Crippen LogP contribution in [0.25, 0.3) is 99.3 Å². The van der Waals surface area contributed by atoms with E-state index in [0.717, 1.165) is 33.4 Å². The number of para-hydroxylation sites is 4. The summed E-state index contributed by atoms with van der Waals surface area (Å²) in [4.78, 5) is 11.0. The molecule has 12 rings (SSSR count). The summed E-state index contributed by atoms with van der Waals surface area (Å²) in [5, 5.41) is 8.43. The van der Waals surface area contributed by atoms with Gasteiger partial charge in [-0.25, -0.2) is 9.97 Å². The van der Waals surface area contributed by atoms with E-state index in [0.29, 0.717) is 5.95 Å². The standard InChI is InChI=1S/C51H34N4/c1-51(2)40-24-12-8-21-36(40)45-34-19-6-7-20-35(34)46-38-23-11-15-27-43(38)55(49(46)47(45)51)50-52-41-25-13-9-22-37(41)48(53-50)31-28-29-44-39(30-31)33-18-10-14-26-42(33)54(44)32-16-4-3-5-17-32/h3-30H,1-2H3. The molecule has 1 aliphatic carbocycles. The molecule has 0 amide bonds. The Morgan fingerprint density at radius 1 is 0.473 bits per heavy atom. The maximum Gasteiger partial charge on any atom is 0.235 e. The van der Waals surface area contributed by atoms with Crippen molar-refractivity contribution in [3.8, 4) is 34.0 Å². The van der Waals surface area contributed by atoms with Crippen LogP contribution in [0.1, 0.15) is 25.0 Å². The summed E-state index contributed by atoms with van der Waals surface area (Å²) in [6.07, 6.45) is 0. The van der Waals surface area contributed by atoms with Crippen LogP contribution in [0.15, 0.2) is 170 Å². The van der Waals surface area contributed by atoms with Gasteiger partial charge in [-0.2, -0.15) is 0 Å². The molecule has 8 aromatic carbocycles. The van der Waals surface area contributed by atoms with Crippen molar-refractivity contribution < 1.29 is 0 Å². The van der Waals surface area contributed by atoms with Crippen LogP contribution in [0.3, 0.4) is 0 Å². The van der Waals surface area contributed by atoms with Gasteiger partial charge in [-0.1, -0.05) is 141 Å². The van der Waals surface area contributed by atoms with Crippen LogP contribution in [0.5, 0.6) is 0 Å². The molecule has 55 heavy (non-hydrogen) atoms. The minimum absolute atomic E-state index is 0.252. The third kappa shape index (κ3) is 4.06. The van der Waals surface area contributed by atoms with Gasteiger partial charge in [-0.05, 0) is 75.5 Å². The lowest BCUT2D eigenvalue weighted by atomic mass is 9.80. The Hall–Kier alpha value is -7.04. The fraction of sp³-hybridized carbons (Fsp3) is 0.0588. The lowest BCUT2D eigenvalue weighted by Crippen LogP contribution is -2.17. The molecule has 0 spiro atoms. The zero-order valence-corrected chi connectivity index (χ0v) is 30.5. The zero-order chi connectivity index (χ0) is 36.4. The van der Waals surface area contributed by atoms with Crippen LogP contribution in [-0.4, -0.2) is 19.1 Å². The quantitative estimate of drug-likeness (QED) is 0.184. The van der Waals surface area contributed by atoms with Gasteiger partial charge in [0, 0.05) is 43.6 Å². The first-order chi connectivity index (χ1) is 27.1. The average Bonchev–Trinajstić information content (AvgIpc) is 3.84. The largest absolute Gasteiger partial charge is 0.309 e. The van der Waals surface area contributed by atoms with E-state index in [1.165, 1.54) is 71.1 Å². The molecular formula is C51H34N4. The summed E-state index contributed by atoms with van der Waals surface area (Å²) >= 11 is 0. The van der Waals surface area contributed by atoms with Crippen LogP contribution < -0.4 is 0 Å². The van der Waals surface area contributed by atoms with E-state index < -0.39 is 0 Å². The van der Waals surface area contributed by atoms with Gasteiger partial charge in [0.25, 0.3) is 0 Å². The molecule has 0 fully saturated rings. The van der Waals surface area contributed by atoms with Crippen molar-refractivity contribution >= 4 is 65.3 Å². The summed E-state index contributed by atoms with van der Waals surface area (Å²) in [6, 6.07) is 61.3. The Kier molecular flexibility index (Phi) is 6.09. The normalized spacial score (nSPS) is 13.4. The highest BCUT2D eigenvalue weighted by atomic mass is 15.2. The van der Waals surface area contributed by atoms with Crippen LogP contribution in [0, 0.1) is 0 Å². The molecule has 1 aliphatic rings. The van der Waals surface area contributed by atoms with E-state index in [1.807, 2.05) is 0 Å². The van der Waals surface area contributed by atoms with Crippen molar-refractivity contribution in [3.63, 3.8) is 0 Å². The Labute approximate surface area is 317 Å². The molecule has 4 heteroatoms. The zero-order valence-electron chi connectivity index (χ0n) is 30.5. The van der Waals surface area contributed by atoms with Gasteiger partial charge in [0.1, 0.15) is 0 Å². The van der Waals surface area contributed by atoms with Crippen molar-refractivity contribution in [1.29, 1.82) is 0 Å². The first-order valence-electron chi connectivity index (χ1n) is 19.0. The second kappa shape index (κ2) is 11.0. The van der Waals surface area contributed by atoms with Crippen LogP contribution in [-0.2, 0) is 5.41 Å². The predicted octanol–water partition coefficient (Wildman–Crippen LogP) is 13.0. The number of hydrogen-bond acceptors (Lipinski definition) is 2. The Bertz CT molecular complexity index is 3400. The van der Waals surface area contributed by atoms with Gasteiger partial charge in [0.05, 0.1) is 33.3 Å². The van der Waals surface area contributed by atoms with Gasteiger partial charge in [-0.3, -0.25) is 4.57 Å². The number of hydrogen-bond donors (Lipinski definition) is 0. The van der Waals surface area contributed by atoms with Gasteiger partial charge in [0.2, 0.25) is 5.95 Å². The summed E-state index contributed by atoms with van der Waals surface area (Å²) in [5.74, 6) is 0.677. The molecule has 0 N–H and O–H groups in total. The molecule has 3 aromatic heterocycles. The number of aromatic nitrogens is 4. The lowest BCUT2D eigenvalue weighted by molar-refractivity contribution is 0.664. The first-order valence-corrected chi connectivity index (χ1v) is 19.0. The van der Waals surface area contributed by atoms with Gasteiger partial charge in [-0.15, -0.1) is 0 Å². The molecular weight excluding hydrogens is 669 g/mol. The van der Waals surface area contributed by atoms with Crippen molar-refractivity contribution in [2.75, 3.05) is 0 Å². The molecule has 258 valence electrons. The van der Waals surface area contributed by atoms with Crippen molar-refractivity contribution in [3.05, 3.63) is 181 Å². The Balaban J connectivity index is 1.20. The van der Waals surface area contributed by atoms with E-state index in [4.69, 9.17) is 9.97 Å². The molecule has 0 bridgehead atoms. The third-order valence-electron chi connectivity index (χ3n) is 12.1. The summed E-state index contributed by atoms with van der Waals surface area (Å²) in [6.45, 7) is 4.75. The Morgan fingerprint density at radius 3 is 1.91 bits per heavy atom. The summed E-state index contributed by atoms with van der Waals surface area (Å²) < 4.78 is 4.72. The fourth-order valence-corrected chi connectivity index (χ4v) is 9.76. The van der Waals surface area contributed by atoms with Crippen molar-refractivity contribution in [2.24, 2.45) is 0 Å². The summed E-state index contributed by atoms with van der Waals surface area (Å²) in [5.41, 5.74) is 13.7. The van der Waals surface area contributed by atoms with Crippen LogP contribution >= 0.6 is 0 Å². The number of benzene rings is 8. The molecule has 0 unspecified atom stereocenters. The number of fused-ring (bicyclic) bond motifs is 14. The maximum atomic E-state index is 5.61. The number of nitrogens with zero attached hydrogens (tertiary/aromatic N) is 4. The SMILES string of the molecule is CC1(C)c2ccccc2-c2c1c1c(c3ccccc23)c2ccccc2n1-c1nc(-c2ccc3c(c2)c2ccccc2n3-c2ccccc2)c2ccccc2n1. The van der Waals surface area contributed by atoms with Crippen molar-refractivity contribution in [2.45, 2.75) is 19.3 Å². The third-order valence-corrected chi connectivity index (χ3v) is 12.1. The molecule has 0 saturated heterocycles. The Morgan fingerprint density at radius 2 is 1.09 bits per heavy atom. The second-order valence-corrected chi connectivity index (χ2v) is 15.4. The monoisotopic (exact) mass is 702 g/mol. The van der Waals surface area contributed by atoms with Gasteiger partial charge in [0.15, 0.2) is 0 Å². The predicted molar refractivity (Wildman–Crippen MR) is 229 cm³/mol.